The fourth-order valence-electron chi connectivity index (χ4n) is 2.36. The lowest BCUT2D eigenvalue weighted by Gasteiger charge is -2.32. The number of rotatable bonds is 4. The Kier molecular flexibility index (Phi) is 3.27. The first-order valence-electron chi connectivity index (χ1n) is 6.19. The molecule has 0 atom stereocenters. The van der Waals surface area contributed by atoms with Gasteiger partial charge >= 0.3 is 5.97 Å². The summed E-state index contributed by atoms with van der Waals surface area (Å²) in [5.74, 6) is -1.29. The van der Waals surface area contributed by atoms with E-state index >= 15 is 0 Å². The highest BCUT2D eigenvalue weighted by Gasteiger charge is 2.37. The summed E-state index contributed by atoms with van der Waals surface area (Å²) >= 11 is 1.39. The molecule has 0 bridgehead atoms. The number of sulfonamides is 1. The van der Waals surface area contributed by atoms with Crippen LogP contribution in [0.2, 0.25) is 0 Å². The fraction of sp³-hybridized carbons (Fsp3) is 0.308. The first kappa shape index (κ1) is 13.5. The van der Waals surface area contributed by atoms with Crippen LogP contribution in [0.25, 0.3) is 10.1 Å². The second-order valence-corrected chi connectivity index (χ2v) is 7.51. The van der Waals surface area contributed by atoms with Crippen molar-refractivity contribution in [1.82, 2.24) is 4.72 Å². The molecule has 20 heavy (non-hydrogen) atoms. The Morgan fingerprint density at radius 3 is 2.70 bits per heavy atom. The normalized spacial score (nSPS) is 22.6. The van der Waals surface area contributed by atoms with E-state index in [1.807, 2.05) is 12.1 Å². The third-order valence-electron chi connectivity index (χ3n) is 3.54. The summed E-state index contributed by atoms with van der Waals surface area (Å²) in [7, 11) is -3.59. The summed E-state index contributed by atoms with van der Waals surface area (Å²) in [4.78, 5) is 11.0. The quantitative estimate of drug-likeness (QED) is 0.905. The van der Waals surface area contributed by atoms with Crippen LogP contribution in [-0.2, 0) is 14.8 Å². The van der Waals surface area contributed by atoms with Crippen molar-refractivity contribution in [3.05, 3.63) is 29.6 Å². The van der Waals surface area contributed by atoms with Gasteiger partial charge in [0.1, 0.15) is 4.90 Å². The van der Waals surface area contributed by atoms with Gasteiger partial charge in [-0.05, 0) is 18.9 Å². The fourth-order valence-corrected chi connectivity index (χ4v) is 5.12. The van der Waals surface area contributed by atoms with E-state index in [0.717, 1.165) is 4.70 Å². The van der Waals surface area contributed by atoms with E-state index in [1.54, 1.807) is 17.5 Å². The minimum Gasteiger partial charge on any atom is -0.481 e. The molecule has 1 aliphatic carbocycles. The zero-order valence-electron chi connectivity index (χ0n) is 10.4. The van der Waals surface area contributed by atoms with Gasteiger partial charge in [-0.2, -0.15) is 0 Å². The summed E-state index contributed by atoms with van der Waals surface area (Å²) < 4.78 is 28.2. The van der Waals surface area contributed by atoms with Crippen molar-refractivity contribution < 1.29 is 18.3 Å². The zero-order valence-corrected chi connectivity index (χ0v) is 12.1. The van der Waals surface area contributed by atoms with E-state index < -0.39 is 21.9 Å². The molecule has 1 aromatic heterocycles. The summed E-state index contributed by atoms with van der Waals surface area (Å²) in [6, 6.07) is 7.05. The highest BCUT2D eigenvalue weighted by atomic mass is 32.2. The highest BCUT2D eigenvalue weighted by molar-refractivity contribution is 7.90. The number of nitrogens with one attached hydrogen (secondary N) is 1. The number of fused-ring (bicyclic) bond motifs is 1. The lowest BCUT2D eigenvalue weighted by atomic mass is 9.81. The topological polar surface area (TPSA) is 83.5 Å². The molecule has 0 saturated heterocycles. The molecular weight excluding hydrogens is 298 g/mol. The number of thiophene rings is 1. The maximum Gasteiger partial charge on any atom is 0.306 e. The van der Waals surface area contributed by atoms with Gasteiger partial charge in [0.25, 0.3) is 0 Å². The predicted molar refractivity (Wildman–Crippen MR) is 76.3 cm³/mol. The highest BCUT2D eigenvalue weighted by Crippen LogP contribution is 2.32. The second-order valence-electron chi connectivity index (χ2n) is 4.92. The average molecular weight is 311 g/mol. The van der Waals surface area contributed by atoms with Gasteiger partial charge in [0.05, 0.1) is 5.92 Å². The zero-order chi connectivity index (χ0) is 14.3. The van der Waals surface area contributed by atoms with Crippen LogP contribution < -0.4 is 4.72 Å². The molecule has 0 radical (unpaired) electrons. The van der Waals surface area contributed by atoms with E-state index in [4.69, 9.17) is 5.11 Å². The number of aliphatic carboxylic acids is 1. The van der Waals surface area contributed by atoms with Crippen molar-refractivity contribution in [2.45, 2.75) is 23.8 Å². The molecule has 1 aromatic carbocycles. The van der Waals surface area contributed by atoms with Crippen molar-refractivity contribution in [2.75, 3.05) is 0 Å². The standard InChI is InChI=1S/C13H13NO4S2/c15-13(16)8-5-9(6-8)14-20(17,18)12-7-19-11-4-2-1-3-10(11)12/h1-4,7-9,14H,5-6H2,(H,15,16). The van der Waals surface area contributed by atoms with Gasteiger partial charge < -0.3 is 5.11 Å². The van der Waals surface area contributed by atoms with Crippen molar-refractivity contribution in [3.8, 4) is 0 Å². The van der Waals surface area contributed by atoms with E-state index in [2.05, 4.69) is 4.72 Å². The summed E-state index contributed by atoms with van der Waals surface area (Å²) in [6.45, 7) is 0. The number of carboxylic acids is 1. The van der Waals surface area contributed by atoms with Gasteiger partial charge in [0.2, 0.25) is 10.0 Å². The minimum atomic E-state index is -3.59. The molecule has 0 spiro atoms. The predicted octanol–water partition coefficient (Wildman–Crippen LogP) is 2.04. The van der Waals surface area contributed by atoms with Gasteiger partial charge in [0.15, 0.2) is 0 Å². The van der Waals surface area contributed by atoms with Crippen LogP contribution in [0.15, 0.2) is 34.5 Å². The van der Waals surface area contributed by atoms with Crippen molar-refractivity contribution >= 4 is 37.4 Å². The van der Waals surface area contributed by atoms with Crippen LogP contribution >= 0.6 is 11.3 Å². The van der Waals surface area contributed by atoms with Crippen LogP contribution in [0, 0.1) is 5.92 Å². The molecule has 5 nitrogen and oxygen atoms in total. The number of hydrogen-bond donors (Lipinski definition) is 2. The Bertz CT molecular complexity index is 760. The monoisotopic (exact) mass is 311 g/mol. The van der Waals surface area contributed by atoms with Gasteiger partial charge in [-0.1, -0.05) is 18.2 Å². The first-order chi connectivity index (χ1) is 9.47. The third kappa shape index (κ3) is 2.32. The van der Waals surface area contributed by atoms with E-state index in [9.17, 15) is 13.2 Å². The van der Waals surface area contributed by atoms with E-state index in [-0.39, 0.29) is 10.9 Å². The summed E-state index contributed by atoms with van der Waals surface area (Å²) in [6.07, 6.45) is 0.716. The molecule has 0 unspecified atom stereocenters. The van der Waals surface area contributed by atoms with Gasteiger partial charge in [-0.3, -0.25) is 4.79 Å². The molecule has 7 heteroatoms. The maximum absolute atomic E-state index is 12.3. The van der Waals surface area contributed by atoms with Crippen molar-refractivity contribution in [2.24, 2.45) is 5.92 Å². The largest absolute Gasteiger partial charge is 0.481 e. The Morgan fingerprint density at radius 2 is 2.00 bits per heavy atom. The molecule has 1 aliphatic rings. The molecule has 1 heterocycles. The van der Waals surface area contributed by atoms with Gasteiger partial charge in [-0.15, -0.1) is 11.3 Å². The maximum atomic E-state index is 12.3. The van der Waals surface area contributed by atoms with Crippen LogP contribution in [0.5, 0.6) is 0 Å². The molecule has 0 amide bonds. The van der Waals surface area contributed by atoms with Gasteiger partial charge in [-0.25, -0.2) is 13.1 Å². The third-order valence-corrected chi connectivity index (χ3v) is 6.22. The van der Waals surface area contributed by atoms with Crippen LogP contribution in [0.3, 0.4) is 0 Å². The van der Waals surface area contributed by atoms with Crippen LogP contribution in [-0.4, -0.2) is 25.5 Å². The van der Waals surface area contributed by atoms with Crippen LogP contribution in [0.1, 0.15) is 12.8 Å². The minimum absolute atomic E-state index is 0.275. The average Bonchev–Trinajstić information content (AvgIpc) is 2.77. The van der Waals surface area contributed by atoms with E-state index in [1.165, 1.54) is 11.3 Å². The molecule has 0 aliphatic heterocycles. The molecule has 2 N–H and O–H groups in total. The molecule has 2 aromatic rings. The molecule has 1 fully saturated rings. The Balaban J connectivity index is 1.81. The molecule has 1 saturated carbocycles. The lowest BCUT2D eigenvalue weighted by molar-refractivity contribution is -0.145. The molecule has 106 valence electrons. The Labute approximate surface area is 120 Å². The number of carbonyl (C=O) groups is 1. The molecular formula is C13H13NO4S2. The number of carboxylic acid groups (broad SMARTS) is 1. The number of benzene rings is 1. The lowest BCUT2D eigenvalue weighted by Crippen LogP contribution is -2.46. The SMILES string of the molecule is O=C(O)C1CC(NS(=O)(=O)c2csc3ccccc23)C1. The van der Waals surface area contributed by atoms with E-state index in [0.29, 0.717) is 18.2 Å². The smallest absolute Gasteiger partial charge is 0.306 e. The Hall–Kier alpha value is -1.44. The first-order valence-corrected chi connectivity index (χ1v) is 8.55. The van der Waals surface area contributed by atoms with Crippen molar-refractivity contribution in [1.29, 1.82) is 0 Å². The summed E-state index contributed by atoms with van der Waals surface area (Å²) in [5, 5.41) is 11.1. The van der Waals surface area contributed by atoms with Crippen molar-refractivity contribution in [3.63, 3.8) is 0 Å². The second kappa shape index (κ2) is 4.83. The number of hydrogen-bond acceptors (Lipinski definition) is 4. The molecule has 3 rings (SSSR count). The van der Waals surface area contributed by atoms with Crippen LogP contribution in [0.4, 0.5) is 0 Å². The summed E-state index contributed by atoms with van der Waals surface area (Å²) in [5.41, 5.74) is 0. The Morgan fingerprint density at radius 1 is 1.30 bits per heavy atom. The van der Waals surface area contributed by atoms with Gasteiger partial charge in [0, 0.05) is 21.5 Å².